The summed E-state index contributed by atoms with van der Waals surface area (Å²) in [5, 5.41) is 11.5. The lowest BCUT2D eigenvalue weighted by Gasteiger charge is -2.28. The minimum absolute atomic E-state index is 0.0879. The van der Waals surface area contributed by atoms with E-state index in [-0.39, 0.29) is 11.2 Å². The van der Waals surface area contributed by atoms with Crippen LogP contribution in [0.2, 0.25) is 0 Å². The maximum atomic E-state index is 12.5. The van der Waals surface area contributed by atoms with Gasteiger partial charge in [0.1, 0.15) is 0 Å². The summed E-state index contributed by atoms with van der Waals surface area (Å²) in [6.45, 7) is 5.13. The van der Waals surface area contributed by atoms with Gasteiger partial charge >= 0.3 is 0 Å². The molecule has 0 bridgehead atoms. The zero-order valence-corrected chi connectivity index (χ0v) is 16.1. The van der Waals surface area contributed by atoms with Gasteiger partial charge in [0.15, 0.2) is 5.82 Å². The number of ether oxygens (including phenoxy) is 1. The predicted octanol–water partition coefficient (Wildman–Crippen LogP) is 1.83. The van der Waals surface area contributed by atoms with E-state index in [2.05, 4.69) is 20.4 Å². The van der Waals surface area contributed by atoms with Gasteiger partial charge in [-0.05, 0) is 44.0 Å². The largest absolute Gasteiger partial charge is 0.378 e. The quantitative estimate of drug-likeness (QED) is 0.575. The molecule has 2 aromatic rings. The van der Waals surface area contributed by atoms with Crippen molar-refractivity contribution in [2.24, 2.45) is 0 Å². The fraction of sp³-hybridized carbons (Fsp3) is 0.500. The van der Waals surface area contributed by atoms with E-state index in [0.29, 0.717) is 11.1 Å². The third-order valence-electron chi connectivity index (χ3n) is 4.80. The first-order valence-corrected chi connectivity index (χ1v) is 10.1. The molecule has 1 aliphatic heterocycles. The second kappa shape index (κ2) is 7.77. The Balaban J connectivity index is 1.34. The van der Waals surface area contributed by atoms with Crippen LogP contribution in [0.1, 0.15) is 31.5 Å². The zero-order chi connectivity index (χ0) is 18.8. The minimum Gasteiger partial charge on any atom is -0.378 e. The molecule has 9 heteroatoms. The fourth-order valence-corrected chi connectivity index (χ4v) is 3.80. The summed E-state index contributed by atoms with van der Waals surface area (Å²) in [7, 11) is 0. The molecule has 1 saturated carbocycles. The van der Waals surface area contributed by atoms with Crippen LogP contribution in [0.25, 0.3) is 0 Å². The molecule has 0 spiro atoms. The van der Waals surface area contributed by atoms with Gasteiger partial charge in [0.05, 0.1) is 18.5 Å². The highest BCUT2D eigenvalue weighted by Gasteiger charge is 2.30. The van der Waals surface area contributed by atoms with Gasteiger partial charge in [-0.15, -0.1) is 10.2 Å². The van der Waals surface area contributed by atoms with Gasteiger partial charge in [-0.2, -0.15) is 0 Å². The summed E-state index contributed by atoms with van der Waals surface area (Å²) < 4.78 is 6.89. The lowest BCUT2D eigenvalue weighted by molar-refractivity contribution is -0.115. The molecular formula is C18H24N6O2S. The molecule has 2 fully saturated rings. The molecule has 144 valence electrons. The number of thioether (sulfide) groups is 1. The fourth-order valence-electron chi connectivity index (χ4n) is 3.02. The van der Waals surface area contributed by atoms with Crippen LogP contribution >= 0.6 is 11.8 Å². The Hall–Kier alpha value is -2.26. The van der Waals surface area contributed by atoms with Crippen molar-refractivity contribution in [2.75, 3.05) is 42.4 Å². The van der Waals surface area contributed by atoms with Gasteiger partial charge < -0.3 is 20.8 Å². The zero-order valence-electron chi connectivity index (χ0n) is 15.3. The molecule has 1 aromatic heterocycles. The third kappa shape index (κ3) is 4.19. The van der Waals surface area contributed by atoms with Gasteiger partial charge in [-0.3, -0.25) is 4.79 Å². The van der Waals surface area contributed by atoms with E-state index in [1.807, 2.05) is 31.2 Å². The highest BCUT2D eigenvalue weighted by atomic mass is 32.2. The molecule has 2 aliphatic rings. The SMILES string of the molecule is C[C@H](Sc1nnc(C2CC2)n1N)C(=O)Nc1ccc(N2CCOCC2)cc1. The molecule has 1 atom stereocenters. The molecule has 27 heavy (non-hydrogen) atoms. The number of hydrogen-bond donors (Lipinski definition) is 2. The number of morpholine rings is 1. The van der Waals surface area contributed by atoms with Crippen molar-refractivity contribution in [2.45, 2.75) is 36.1 Å². The molecule has 1 amide bonds. The number of nitrogens with zero attached hydrogens (tertiary/aromatic N) is 4. The Bertz CT molecular complexity index is 799. The standard InChI is InChI=1S/C18H24N6O2S/c1-12(27-18-22-21-16(24(18)19)13-2-3-13)17(25)20-14-4-6-15(7-5-14)23-8-10-26-11-9-23/h4-7,12-13H,2-3,8-11,19H2,1H3,(H,20,25)/t12-/m0/s1. The lowest BCUT2D eigenvalue weighted by atomic mass is 10.2. The van der Waals surface area contributed by atoms with E-state index < -0.39 is 0 Å². The summed E-state index contributed by atoms with van der Waals surface area (Å²) in [5.41, 5.74) is 1.92. The van der Waals surface area contributed by atoms with Crippen molar-refractivity contribution in [1.29, 1.82) is 0 Å². The third-order valence-corrected chi connectivity index (χ3v) is 5.85. The number of hydrogen-bond acceptors (Lipinski definition) is 7. The first-order chi connectivity index (χ1) is 13.1. The molecule has 3 N–H and O–H groups in total. The highest BCUT2D eigenvalue weighted by Crippen LogP contribution is 2.39. The molecule has 1 aromatic carbocycles. The Kier molecular flexibility index (Phi) is 5.22. The van der Waals surface area contributed by atoms with Crippen LogP contribution in [0.5, 0.6) is 0 Å². The molecule has 2 heterocycles. The van der Waals surface area contributed by atoms with Crippen LogP contribution in [-0.2, 0) is 9.53 Å². The van der Waals surface area contributed by atoms with E-state index in [4.69, 9.17) is 10.6 Å². The van der Waals surface area contributed by atoms with E-state index in [1.54, 1.807) is 0 Å². The van der Waals surface area contributed by atoms with Crippen molar-refractivity contribution in [3.63, 3.8) is 0 Å². The monoisotopic (exact) mass is 388 g/mol. The summed E-state index contributed by atoms with van der Waals surface area (Å²) in [6.07, 6.45) is 2.22. The average Bonchev–Trinajstić information content (AvgIpc) is 3.47. The maximum Gasteiger partial charge on any atom is 0.237 e. The Morgan fingerprint density at radius 2 is 1.96 bits per heavy atom. The molecule has 1 saturated heterocycles. The number of nitrogens with one attached hydrogen (secondary N) is 1. The van der Waals surface area contributed by atoms with Crippen molar-refractivity contribution in [3.05, 3.63) is 30.1 Å². The molecule has 8 nitrogen and oxygen atoms in total. The van der Waals surface area contributed by atoms with E-state index in [9.17, 15) is 4.79 Å². The van der Waals surface area contributed by atoms with Crippen LogP contribution in [0.15, 0.2) is 29.4 Å². The Morgan fingerprint density at radius 1 is 1.26 bits per heavy atom. The van der Waals surface area contributed by atoms with Crippen molar-refractivity contribution in [1.82, 2.24) is 14.9 Å². The number of nitrogen functional groups attached to an aromatic ring is 1. The Labute approximate surface area is 162 Å². The predicted molar refractivity (Wildman–Crippen MR) is 106 cm³/mol. The molecule has 4 rings (SSSR count). The average molecular weight is 388 g/mol. The van der Waals surface area contributed by atoms with Crippen LogP contribution in [0.3, 0.4) is 0 Å². The number of carbonyl (C=O) groups is 1. The van der Waals surface area contributed by atoms with Crippen LogP contribution < -0.4 is 16.1 Å². The normalized spacial score (nSPS) is 18.3. The van der Waals surface area contributed by atoms with Crippen molar-refractivity contribution < 1.29 is 9.53 Å². The van der Waals surface area contributed by atoms with Gasteiger partial charge in [0.25, 0.3) is 0 Å². The number of aromatic nitrogens is 3. The first-order valence-electron chi connectivity index (χ1n) is 9.22. The second-order valence-electron chi connectivity index (χ2n) is 6.88. The smallest absolute Gasteiger partial charge is 0.237 e. The maximum absolute atomic E-state index is 12.5. The van der Waals surface area contributed by atoms with E-state index in [1.165, 1.54) is 16.4 Å². The van der Waals surface area contributed by atoms with Gasteiger partial charge in [0, 0.05) is 30.4 Å². The Morgan fingerprint density at radius 3 is 2.63 bits per heavy atom. The summed E-state index contributed by atoms with van der Waals surface area (Å²) >= 11 is 1.32. The number of anilines is 2. The highest BCUT2D eigenvalue weighted by molar-refractivity contribution is 8.00. The molecule has 0 radical (unpaired) electrons. The van der Waals surface area contributed by atoms with Crippen molar-refractivity contribution in [3.8, 4) is 0 Å². The number of rotatable bonds is 6. The van der Waals surface area contributed by atoms with Crippen LogP contribution in [0, 0.1) is 0 Å². The number of amides is 1. The molecule has 0 unspecified atom stereocenters. The topological polar surface area (TPSA) is 98.3 Å². The first kappa shape index (κ1) is 18.1. The summed E-state index contributed by atoms with van der Waals surface area (Å²) in [6, 6.07) is 7.90. The number of carbonyl (C=O) groups excluding carboxylic acids is 1. The summed E-state index contributed by atoms with van der Waals surface area (Å²) in [4.78, 5) is 14.8. The van der Waals surface area contributed by atoms with E-state index in [0.717, 1.165) is 56.3 Å². The minimum atomic E-state index is -0.331. The van der Waals surface area contributed by atoms with E-state index >= 15 is 0 Å². The second-order valence-corrected chi connectivity index (χ2v) is 8.19. The molecular weight excluding hydrogens is 364 g/mol. The van der Waals surface area contributed by atoms with Crippen LogP contribution in [0.4, 0.5) is 11.4 Å². The van der Waals surface area contributed by atoms with Crippen molar-refractivity contribution >= 4 is 29.0 Å². The summed E-state index contributed by atoms with van der Waals surface area (Å²) in [5.74, 6) is 7.20. The lowest BCUT2D eigenvalue weighted by Crippen LogP contribution is -2.36. The van der Waals surface area contributed by atoms with Gasteiger partial charge in [0.2, 0.25) is 11.1 Å². The van der Waals surface area contributed by atoms with Gasteiger partial charge in [-0.1, -0.05) is 11.8 Å². The molecule has 1 aliphatic carbocycles. The number of benzene rings is 1. The van der Waals surface area contributed by atoms with Crippen LogP contribution in [-0.4, -0.2) is 52.3 Å². The van der Waals surface area contributed by atoms with Gasteiger partial charge in [-0.25, -0.2) is 4.68 Å². The number of nitrogens with two attached hydrogens (primary N) is 1.